The molecule has 0 spiro atoms. The number of rotatable bonds is 11. The van der Waals surface area contributed by atoms with Crippen LogP contribution in [-0.2, 0) is 26.2 Å². The lowest BCUT2D eigenvalue weighted by Gasteiger charge is -2.32. The van der Waals surface area contributed by atoms with Gasteiger partial charge in [-0.05, 0) is 63.9 Å². The lowest BCUT2D eigenvalue weighted by molar-refractivity contribution is -0.139. The van der Waals surface area contributed by atoms with Gasteiger partial charge in [0.15, 0.2) is 0 Å². The van der Waals surface area contributed by atoms with E-state index in [1.807, 2.05) is 52.0 Å². The van der Waals surface area contributed by atoms with Crippen LogP contribution >= 0.6 is 0 Å². The van der Waals surface area contributed by atoms with Crippen LogP contribution in [-0.4, -0.2) is 43.8 Å². The molecule has 0 bridgehead atoms. The molecule has 0 aliphatic rings. The molecule has 2 atom stereocenters. The molecule has 0 fully saturated rings. The first-order valence-electron chi connectivity index (χ1n) is 12.9. The highest BCUT2D eigenvalue weighted by molar-refractivity contribution is 7.92. The van der Waals surface area contributed by atoms with Gasteiger partial charge in [0.2, 0.25) is 11.8 Å². The summed E-state index contributed by atoms with van der Waals surface area (Å²) in [6.07, 6.45) is 0.708. The van der Waals surface area contributed by atoms with Gasteiger partial charge >= 0.3 is 0 Å². The Balaban J connectivity index is 2.04. The zero-order chi connectivity index (χ0) is 28.7. The summed E-state index contributed by atoms with van der Waals surface area (Å²) in [7, 11) is -4.33. The third-order valence-corrected chi connectivity index (χ3v) is 8.39. The van der Waals surface area contributed by atoms with Crippen LogP contribution in [0.5, 0.6) is 0 Å². The highest BCUT2D eigenvalue weighted by atomic mass is 32.2. The fourth-order valence-electron chi connectivity index (χ4n) is 4.06. The lowest BCUT2D eigenvalue weighted by Crippen LogP contribution is -2.52. The van der Waals surface area contributed by atoms with Crippen molar-refractivity contribution in [2.75, 3.05) is 10.8 Å². The van der Waals surface area contributed by atoms with Crippen LogP contribution in [0.2, 0.25) is 0 Å². The Morgan fingerprint density at radius 2 is 1.59 bits per heavy atom. The fraction of sp³-hybridized carbons (Fsp3) is 0.333. The van der Waals surface area contributed by atoms with E-state index in [9.17, 15) is 22.4 Å². The number of carbonyl (C=O) groups is 2. The Hall–Kier alpha value is -3.72. The van der Waals surface area contributed by atoms with Crippen molar-refractivity contribution in [1.82, 2.24) is 10.2 Å². The first-order chi connectivity index (χ1) is 18.4. The minimum absolute atomic E-state index is 0.0723. The van der Waals surface area contributed by atoms with E-state index in [2.05, 4.69) is 5.32 Å². The van der Waals surface area contributed by atoms with Crippen LogP contribution < -0.4 is 9.62 Å². The van der Waals surface area contributed by atoms with Gasteiger partial charge in [-0.25, -0.2) is 12.8 Å². The van der Waals surface area contributed by atoms with E-state index < -0.39 is 34.3 Å². The topological polar surface area (TPSA) is 86.8 Å². The van der Waals surface area contributed by atoms with E-state index in [1.165, 1.54) is 35.2 Å². The zero-order valence-electron chi connectivity index (χ0n) is 23.0. The molecule has 7 nitrogen and oxygen atoms in total. The Bertz CT molecular complexity index is 1410. The Kier molecular flexibility index (Phi) is 9.86. The van der Waals surface area contributed by atoms with E-state index in [-0.39, 0.29) is 29.1 Å². The number of hydrogen-bond donors (Lipinski definition) is 1. The summed E-state index contributed by atoms with van der Waals surface area (Å²) in [5, 5.41) is 2.89. The van der Waals surface area contributed by atoms with Crippen molar-refractivity contribution in [3.05, 3.63) is 95.3 Å². The first kappa shape index (κ1) is 29.8. The van der Waals surface area contributed by atoms with Crippen LogP contribution in [0.1, 0.15) is 43.9 Å². The van der Waals surface area contributed by atoms with Gasteiger partial charge in [0.1, 0.15) is 18.4 Å². The van der Waals surface area contributed by atoms with E-state index in [0.29, 0.717) is 6.42 Å². The summed E-state index contributed by atoms with van der Waals surface area (Å²) >= 11 is 0. The van der Waals surface area contributed by atoms with E-state index in [0.717, 1.165) is 27.1 Å². The summed E-state index contributed by atoms with van der Waals surface area (Å²) < 4.78 is 43.3. The fourth-order valence-corrected chi connectivity index (χ4v) is 5.48. The second-order valence-electron chi connectivity index (χ2n) is 9.78. The molecular formula is C30H36FN3O4S. The molecule has 0 radical (unpaired) electrons. The number of carbonyl (C=O) groups excluding carboxylic acids is 2. The van der Waals surface area contributed by atoms with Crippen molar-refractivity contribution in [2.45, 2.75) is 64.6 Å². The van der Waals surface area contributed by atoms with Crippen molar-refractivity contribution in [1.29, 1.82) is 0 Å². The summed E-state index contributed by atoms with van der Waals surface area (Å²) in [4.78, 5) is 28.2. The van der Waals surface area contributed by atoms with Crippen molar-refractivity contribution >= 4 is 27.5 Å². The van der Waals surface area contributed by atoms with Crippen molar-refractivity contribution in [3.63, 3.8) is 0 Å². The van der Waals surface area contributed by atoms with Crippen LogP contribution in [0.3, 0.4) is 0 Å². The quantitative estimate of drug-likeness (QED) is 0.363. The Labute approximate surface area is 230 Å². The molecule has 0 unspecified atom stereocenters. The van der Waals surface area contributed by atoms with E-state index in [1.54, 1.807) is 19.1 Å². The summed E-state index contributed by atoms with van der Waals surface area (Å²) in [5.41, 5.74) is 2.36. The van der Waals surface area contributed by atoms with Gasteiger partial charge < -0.3 is 10.2 Å². The maximum Gasteiger partial charge on any atom is 0.264 e. The third-order valence-electron chi connectivity index (χ3n) is 6.61. The van der Waals surface area contributed by atoms with Gasteiger partial charge in [0.25, 0.3) is 10.0 Å². The van der Waals surface area contributed by atoms with Crippen LogP contribution in [0, 0.1) is 19.7 Å². The molecule has 2 amide bonds. The molecule has 0 heterocycles. The van der Waals surface area contributed by atoms with E-state index in [4.69, 9.17) is 0 Å². The summed E-state index contributed by atoms with van der Waals surface area (Å²) in [5.74, 6) is -1.78. The molecule has 0 aliphatic carbocycles. The number of sulfonamides is 1. The highest BCUT2D eigenvalue weighted by Crippen LogP contribution is 2.27. The van der Waals surface area contributed by atoms with Gasteiger partial charge in [-0.15, -0.1) is 0 Å². The van der Waals surface area contributed by atoms with Crippen molar-refractivity contribution in [3.8, 4) is 0 Å². The monoisotopic (exact) mass is 553 g/mol. The molecule has 3 aromatic rings. The Morgan fingerprint density at radius 1 is 0.923 bits per heavy atom. The molecule has 1 N–H and O–H groups in total. The number of nitrogens with one attached hydrogen (secondary N) is 1. The number of anilines is 1. The van der Waals surface area contributed by atoms with Crippen molar-refractivity contribution < 1.29 is 22.4 Å². The van der Waals surface area contributed by atoms with Gasteiger partial charge in [0.05, 0.1) is 10.6 Å². The van der Waals surface area contributed by atoms with Gasteiger partial charge in [-0.2, -0.15) is 0 Å². The normalized spacial score (nSPS) is 12.9. The van der Waals surface area contributed by atoms with Crippen LogP contribution in [0.25, 0.3) is 0 Å². The smallest absolute Gasteiger partial charge is 0.264 e. The number of halogens is 1. The van der Waals surface area contributed by atoms with Crippen LogP contribution in [0.15, 0.2) is 77.7 Å². The zero-order valence-corrected chi connectivity index (χ0v) is 23.8. The van der Waals surface area contributed by atoms with Gasteiger partial charge in [0, 0.05) is 12.6 Å². The number of para-hydroxylation sites is 1. The molecule has 3 aromatic carbocycles. The second kappa shape index (κ2) is 12.9. The maximum atomic E-state index is 15.0. The molecule has 39 heavy (non-hydrogen) atoms. The SMILES string of the molecule is CC[C@@H](C)NC(=O)[C@H](C)N(Cc1cccc(C)c1)C(=O)CN(c1ccccc1F)S(=O)(=O)c1ccc(C)cc1. The summed E-state index contributed by atoms with van der Waals surface area (Å²) in [6, 6.07) is 18.0. The predicted octanol–water partition coefficient (Wildman–Crippen LogP) is 4.97. The molecule has 0 saturated heterocycles. The number of nitrogens with zero attached hydrogens (tertiary/aromatic N) is 2. The molecule has 208 valence electrons. The molecule has 0 saturated carbocycles. The molecule has 0 aliphatic heterocycles. The van der Waals surface area contributed by atoms with Gasteiger partial charge in [-0.3, -0.25) is 13.9 Å². The Morgan fingerprint density at radius 3 is 2.21 bits per heavy atom. The first-order valence-corrected chi connectivity index (χ1v) is 14.4. The number of amides is 2. The largest absolute Gasteiger partial charge is 0.352 e. The van der Waals surface area contributed by atoms with Crippen LogP contribution in [0.4, 0.5) is 10.1 Å². The molecule has 9 heteroatoms. The highest BCUT2D eigenvalue weighted by Gasteiger charge is 2.33. The van der Waals surface area contributed by atoms with E-state index >= 15 is 0 Å². The lowest BCUT2D eigenvalue weighted by atomic mass is 10.1. The average Bonchev–Trinajstić information content (AvgIpc) is 2.90. The minimum Gasteiger partial charge on any atom is -0.352 e. The standard InChI is InChI=1S/C30H36FN3O4S/c1-6-23(4)32-30(36)24(5)33(19-25-11-9-10-22(3)18-25)29(35)20-34(28-13-8-7-12-27(28)31)39(37,38)26-16-14-21(2)15-17-26/h7-18,23-24H,6,19-20H2,1-5H3,(H,32,36)/t23-,24+/m1/s1. The third kappa shape index (κ3) is 7.44. The molecule has 3 rings (SSSR count). The summed E-state index contributed by atoms with van der Waals surface area (Å²) in [6.45, 7) is 8.54. The number of hydrogen-bond acceptors (Lipinski definition) is 4. The number of aryl methyl sites for hydroxylation is 2. The second-order valence-corrected chi connectivity index (χ2v) is 11.6. The number of benzene rings is 3. The van der Waals surface area contributed by atoms with Gasteiger partial charge in [-0.1, -0.05) is 66.6 Å². The molecule has 0 aromatic heterocycles. The average molecular weight is 554 g/mol. The minimum atomic E-state index is -4.33. The predicted molar refractivity (Wildman–Crippen MR) is 151 cm³/mol. The van der Waals surface area contributed by atoms with Crippen molar-refractivity contribution in [2.24, 2.45) is 0 Å². The molecular weight excluding hydrogens is 517 g/mol. The maximum absolute atomic E-state index is 15.0.